The van der Waals surface area contributed by atoms with Crippen molar-refractivity contribution in [2.24, 2.45) is 23.7 Å². The van der Waals surface area contributed by atoms with Crippen LogP contribution in [0.25, 0.3) is 11.0 Å². The van der Waals surface area contributed by atoms with Crippen LogP contribution in [-0.4, -0.2) is 58.3 Å². The zero-order valence-electron chi connectivity index (χ0n) is 22.8. The molecule has 9 nitrogen and oxygen atoms in total. The minimum Gasteiger partial charge on any atom is -0.465 e. The van der Waals surface area contributed by atoms with E-state index in [4.69, 9.17) is 9.52 Å². The van der Waals surface area contributed by atoms with E-state index in [1.807, 2.05) is 6.07 Å². The summed E-state index contributed by atoms with van der Waals surface area (Å²) in [6.07, 6.45) is 7.50. The zero-order chi connectivity index (χ0) is 28.2. The van der Waals surface area contributed by atoms with Crippen LogP contribution in [-0.2, 0) is 16.2 Å². The molecule has 1 aliphatic heterocycles. The minimum absolute atomic E-state index is 0.0159. The average molecular weight is 558 g/mol. The van der Waals surface area contributed by atoms with Gasteiger partial charge in [-0.25, -0.2) is 9.18 Å². The first-order valence-electron chi connectivity index (χ1n) is 14.7. The minimum atomic E-state index is -1.23. The molecule has 1 unspecified atom stereocenters. The Balaban J connectivity index is 1.30. The Morgan fingerprint density at radius 3 is 2.45 bits per heavy atom. The number of alkyl halides is 1. The molecule has 2 heterocycles. The van der Waals surface area contributed by atoms with Gasteiger partial charge in [-0.15, -0.1) is 0 Å². The predicted octanol–water partition coefficient (Wildman–Crippen LogP) is 5.07. The maximum atomic E-state index is 13.9. The smallest absolute Gasteiger partial charge is 0.404 e. The maximum absolute atomic E-state index is 13.9. The van der Waals surface area contributed by atoms with Crippen molar-refractivity contribution in [3.05, 3.63) is 30.0 Å². The van der Waals surface area contributed by atoms with Crippen LogP contribution in [0.1, 0.15) is 70.0 Å². The normalized spacial score (nSPS) is 26.5. The number of nitrogens with zero attached hydrogens (tertiary/aromatic N) is 1. The van der Waals surface area contributed by atoms with Gasteiger partial charge in [-0.2, -0.15) is 0 Å². The quantitative estimate of drug-likeness (QED) is 0.358. The Kier molecular flexibility index (Phi) is 8.93. The Hall–Kier alpha value is -3.14. The van der Waals surface area contributed by atoms with Crippen molar-refractivity contribution < 1.29 is 33.4 Å². The molecule has 10 heteroatoms. The molecule has 1 aromatic heterocycles. The lowest BCUT2D eigenvalue weighted by atomic mass is 9.76. The van der Waals surface area contributed by atoms with Crippen LogP contribution < -0.4 is 10.6 Å². The molecule has 0 radical (unpaired) electrons. The summed E-state index contributed by atoms with van der Waals surface area (Å²) < 4.78 is 19.1. The second-order valence-electron chi connectivity index (χ2n) is 11.8. The van der Waals surface area contributed by atoms with Gasteiger partial charge in [0.05, 0.1) is 6.04 Å². The van der Waals surface area contributed by atoms with Crippen LogP contribution in [0, 0.1) is 23.7 Å². The highest BCUT2D eigenvalue weighted by molar-refractivity contribution is 5.99. The number of nitrogens with one attached hydrogen (secondary N) is 2. The summed E-state index contributed by atoms with van der Waals surface area (Å²) in [4.78, 5) is 40.6. The number of anilines is 1. The lowest BCUT2D eigenvalue weighted by molar-refractivity contribution is -0.142. The molecular formula is C30H40FN3O6. The van der Waals surface area contributed by atoms with Crippen LogP contribution in [0.3, 0.4) is 0 Å². The summed E-state index contributed by atoms with van der Waals surface area (Å²) in [7, 11) is 0. The van der Waals surface area contributed by atoms with Crippen molar-refractivity contribution in [1.82, 2.24) is 10.2 Å². The molecule has 3 atom stereocenters. The topological polar surface area (TPSA) is 132 Å². The van der Waals surface area contributed by atoms with Crippen LogP contribution in [0.5, 0.6) is 0 Å². The highest BCUT2D eigenvalue weighted by atomic mass is 19.1. The number of carbonyl (C=O) groups excluding carboxylic acids is 2. The van der Waals surface area contributed by atoms with E-state index < -0.39 is 24.9 Å². The van der Waals surface area contributed by atoms with E-state index in [-0.39, 0.29) is 36.2 Å². The van der Waals surface area contributed by atoms with Gasteiger partial charge in [0.25, 0.3) is 0 Å². The van der Waals surface area contributed by atoms with Crippen molar-refractivity contribution in [2.75, 3.05) is 18.5 Å². The molecule has 3 amide bonds. The molecule has 1 saturated heterocycles. The molecule has 3 fully saturated rings. The number of furan rings is 1. The monoisotopic (exact) mass is 557 g/mol. The number of carboxylic acid groups (broad SMARTS) is 1. The molecule has 2 saturated carbocycles. The number of halogens is 1. The molecule has 2 aliphatic carbocycles. The standard InChI is InChI=1S/C30H40FN3O6/c31-16-25(33-30(38)39)19-6-8-20(9-7-19)29(37)34-13-12-24(18-4-2-1-3-5-18)27(34)28(36)32-22-10-11-26-21(14-22)15-23(17-35)40-26/h10-11,14-15,18-20,24-25,27,33,35H,1-9,12-13,16-17H2,(H,32,36)(H,38,39)/t19-,20-,24-,25?,27-/m0/s1. The molecular weight excluding hydrogens is 517 g/mol. The fourth-order valence-electron chi connectivity index (χ4n) is 7.37. The van der Waals surface area contributed by atoms with Gasteiger partial charge < -0.3 is 30.2 Å². The Bertz CT molecular complexity index is 1200. The third-order valence-electron chi connectivity index (χ3n) is 9.41. The van der Waals surface area contributed by atoms with E-state index in [0.29, 0.717) is 55.2 Å². The zero-order valence-corrected chi connectivity index (χ0v) is 22.8. The number of fused-ring (bicyclic) bond motifs is 1. The van der Waals surface area contributed by atoms with E-state index in [9.17, 15) is 23.9 Å². The number of aliphatic hydroxyl groups is 1. The Morgan fingerprint density at radius 1 is 1.02 bits per heavy atom. The van der Waals surface area contributed by atoms with Crippen molar-refractivity contribution >= 4 is 34.6 Å². The number of carbonyl (C=O) groups is 3. The number of hydrogen-bond acceptors (Lipinski definition) is 5. The van der Waals surface area contributed by atoms with E-state index in [1.54, 1.807) is 23.1 Å². The second-order valence-corrected chi connectivity index (χ2v) is 11.8. The number of aliphatic hydroxyl groups excluding tert-OH is 1. The summed E-state index contributed by atoms with van der Waals surface area (Å²) in [6, 6.07) is 5.80. The third kappa shape index (κ3) is 6.11. The van der Waals surface area contributed by atoms with Crippen LogP contribution in [0.15, 0.2) is 28.7 Å². The first kappa shape index (κ1) is 28.4. The predicted molar refractivity (Wildman–Crippen MR) is 147 cm³/mol. The number of rotatable bonds is 8. The second kappa shape index (κ2) is 12.6. The number of hydrogen-bond donors (Lipinski definition) is 4. The van der Waals surface area contributed by atoms with Gasteiger partial charge >= 0.3 is 6.09 Å². The number of benzene rings is 1. The molecule has 40 heavy (non-hydrogen) atoms. The molecule has 4 N–H and O–H groups in total. The van der Waals surface area contributed by atoms with Gasteiger partial charge in [0, 0.05) is 23.5 Å². The van der Waals surface area contributed by atoms with Crippen molar-refractivity contribution in [1.29, 1.82) is 0 Å². The van der Waals surface area contributed by atoms with Gasteiger partial charge in [0.2, 0.25) is 11.8 Å². The van der Waals surface area contributed by atoms with Gasteiger partial charge in [0.15, 0.2) is 0 Å². The average Bonchev–Trinajstić information content (AvgIpc) is 3.60. The molecule has 0 spiro atoms. The van der Waals surface area contributed by atoms with Crippen LogP contribution >= 0.6 is 0 Å². The van der Waals surface area contributed by atoms with Gasteiger partial charge in [0.1, 0.15) is 30.7 Å². The molecule has 5 rings (SSSR count). The fourth-order valence-corrected chi connectivity index (χ4v) is 7.37. The SMILES string of the molecule is O=C(O)NC(CF)[C@H]1CC[C@H](C(=O)N2CC[C@@H](C3CCCCC3)[C@H]2C(=O)Nc2ccc3oc(CO)cc3c2)CC1. The Morgan fingerprint density at radius 2 is 1.77 bits per heavy atom. The molecule has 218 valence electrons. The molecule has 0 bridgehead atoms. The van der Waals surface area contributed by atoms with Crippen molar-refractivity contribution in [3.63, 3.8) is 0 Å². The first-order valence-corrected chi connectivity index (χ1v) is 14.7. The summed E-state index contributed by atoms with van der Waals surface area (Å²) >= 11 is 0. The molecule has 3 aliphatic rings. The van der Waals surface area contributed by atoms with Crippen molar-refractivity contribution in [3.8, 4) is 0 Å². The van der Waals surface area contributed by atoms with Gasteiger partial charge in [-0.05, 0) is 74.1 Å². The number of amides is 3. The van der Waals surface area contributed by atoms with Gasteiger partial charge in [-0.1, -0.05) is 32.1 Å². The highest BCUT2D eigenvalue weighted by Crippen LogP contribution is 2.41. The van der Waals surface area contributed by atoms with Gasteiger partial charge in [-0.3, -0.25) is 9.59 Å². The summed E-state index contributed by atoms with van der Waals surface area (Å²) in [5.41, 5.74) is 1.25. The third-order valence-corrected chi connectivity index (χ3v) is 9.41. The summed E-state index contributed by atoms with van der Waals surface area (Å²) in [6.45, 7) is -0.420. The van der Waals surface area contributed by atoms with E-state index in [1.165, 1.54) is 6.42 Å². The molecule has 1 aromatic carbocycles. The van der Waals surface area contributed by atoms with Crippen molar-refractivity contribution in [2.45, 2.75) is 82.9 Å². The largest absolute Gasteiger partial charge is 0.465 e. The first-order chi connectivity index (χ1) is 19.4. The highest BCUT2D eigenvalue weighted by Gasteiger charge is 2.47. The summed E-state index contributed by atoms with van der Waals surface area (Å²) in [5, 5.41) is 24.5. The van der Waals surface area contributed by atoms with Crippen LogP contribution in [0.4, 0.5) is 14.9 Å². The fraction of sp³-hybridized carbons (Fsp3) is 0.633. The maximum Gasteiger partial charge on any atom is 0.404 e. The molecule has 2 aromatic rings. The van der Waals surface area contributed by atoms with Crippen LogP contribution in [0.2, 0.25) is 0 Å². The van der Waals surface area contributed by atoms with E-state index in [2.05, 4.69) is 10.6 Å². The van der Waals surface area contributed by atoms with E-state index in [0.717, 1.165) is 37.5 Å². The van der Waals surface area contributed by atoms with E-state index >= 15 is 0 Å². The lowest BCUT2D eigenvalue weighted by Gasteiger charge is -2.37. The lowest BCUT2D eigenvalue weighted by Crippen LogP contribution is -2.50. The Labute approximate surface area is 233 Å². The summed E-state index contributed by atoms with van der Waals surface area (Å²) in [5.74, 6) is 0.391. The number of likely N-dealkylation sites (tertiary alicyclic amines) is 1.